The molecule has 0 saturated carbocycles. The summed E-state index contributed by atoms with van der Waals surface area (Å²) in [6.07, 6.45) is 0. The molecule has 0 unspecified atom stereocenters. The minimum atomic E-state index is -0.499. The highest BCUT2D eigenvalue weighted by Crippen LogP contribution is 2.21. The lowest BCUT2D eigenvalue weighted by molar-refractivity contribution is -0.122. The largest absolute Gasteiger partial charge is 0.370 e. The molecule has 0 radical (unpaired) electrons. The summed E-state index contributed by atoms with van der Waals surface area (Å²) in [7, 11) is 0. The number of amides is 1. The van der Waals surface area contributed by atoms with E-state index in [-0.39, 0.29) is 6.61 Å². The highest BCUT2D eigenvalue weighted by Gasteiger charge is 2.08. The second kappa shape index (κ2) is 5.24. The minimum absolute atomic E-state index is 0.104. The molecule has 6 nitrogen and oxygen atoms in total. The zero-order valence-electron chi connectivity index (χ0n) is 9.60. The SMILES string of the molecule is NC(=O)COCCn1c(N)nc2ccc(Cl)cc21. The number of primary amides is 1. The van der Waals surface area contributed by atoms with Gasteiger partial charge in [0.2, 0.25) is 11.9 Å². The third-order valence-electron chi connectivity index (χ3n) is 2.44. The van der Waals surface area contributed by atoms with Gasteiger partial charge in [0.15, 0.2) is 0 Å². The lowest BCUT2D eigenvalue weighted by atomic mass is 10.3. The number of fused-ring (bicyclic) bond motifs is 1. The zero-order chi connectivity index (χ0) is 13.1. The van der Waals surface area contributed by atoms with Crippen LogP contribution < -0.4 is 11.5 Å². The van der Waals surface area contributed by atoms with Crippen molar-refractivity contribution in [2.45, 2.75) is 6.54 Å². The normalized spacial score (nSPS) is 10.9. The first-order valence-corrected chi connectivity index (χ1v) is 5.73. The van der Waals surface area contributed by atoms with E-state index in [0.717, 1.165) is 11.0 Å². The van der Waals surface area contributed by atoms with Gasteiger partial charge < -0.3 is 20.8 Å². The highest BCUT2D eigenvalue weighted by atomic mass is 35.5. The fourth-order valence-electron chi connectivity index (χ4n) is 1.68. The molecule has 0 saturated heterocycles. The van der Waals surface area contributed by atoms with E-state index in [1.165, 1.54) is 0 Å². The molecule has 1 heterocycles. The second-order valence-corrected chi connectivity index (χ2v) is 4.21. The van der Waals surface area contributed by atoms with E-state index in [4.69, 9.17) is 27.8 Å². The van der Waals surface area contributed by atoms with E-state index in [0.29, 0.717) is 24.1 Å². The molecule has 96 valence electrons. The van der Waals surface area contributed by atoms with Crippen molar-refractivity contribution in [1.29, 1.82) is 0 Å². The Morgan fingerprint density at radius 3 is 3.00 bits per heavy atom. The number of nitrogen functional groups attached to an aromatic ring is 1. The van der Waals surface area contributed by atoms with Gasteiger partial charge in [-0.1, -0.05) is 11.6 Å². The Bertz CT molecular complexity index is 582. The molecule has 0 aliphatic carbocycles. The number of imidazole rings is 1. The molecule has 1 aromatic heterocycles. The van der Waals surface area contributed by atoms with Crippen molar-refractivity contribution in [1.82, 2.24) is 9.55 Å². The smallest absolute Gasteiger partial charge is 0.243 e. The summed E-state index contributed by atoms with van der Waals surface area (Å²) in [5, 5.41) is 0.613. The topological polar surface area (TPSA) is 96.2 Å². The third-order valence-corrected chi connectivity index (χ3v) is 2.68. The number of benzene rings is 1. The Kier molecular flexibility index (Phi) is 3.69. The number of aromatic nitrogens is 2. The van der Waals surface area contributed by atoms with Crippen molar-refractivity contribution >= 4 is 34.5 Å². The molecule has 7 heteroatoms. The molecule has 0 fully saturated rings. The number of hydrogen-bond acceptors (Lipinski definition) is 4. The maximum Gasteiger partial charge on any atom is 0.243 e. The van der Waals surface area contributed by atoms with Crippen LogP contribution in [0.1, 0.15) is 0 Å². The first-order chi connectivity index (χ1) is 8.58. The van der Waals surface area contributed by atoms with Gasteiger partial charge in [0.1, 0.15) is 6.61 Å². The molecule has 1 amide bonds. The molecule has 18 heavy (non-hydrogen) atoms. The van der Waals surface area contributed by atoms with Crippen LogP contribution in [-0.2, 0) is 16.1 Å². The van der Waals surface area contributed by atoms with Crippen LogP contribution in [0.5, 0.6) is 0 Å². The molecule has 0 spiro atoms. The number of ether oxygens (including phenoxy) is 1. The van der Waals surface area contributed by atoms with Gasteiger partial charge in [-0.05, 0) is 18.2 Å². The Labute approximate surface area is 108 Å². The monoisotopic (exact) mass is 268 g/mol. The van der Waals surface area contributed by atoms with Gasteiger partial charge in [-0.25, -0.2) is 4.98 Å². The first kappa shape index (κ1) is 12.7. The van der Waals surface area contributed by atoms with Crippen molar-refractivity contribution in [3.63, 3.8) is 0 Å². The number of hydrogen-bond donors (Lipinski definition) is 2. The molecule has 2 rings (SSSR count). The Morgan fingerprint density at radius 2 is 2.28 bits per heavy atom. The standard InChI is InChI=1S/C11H13ClN4O2/c12-7-1-2-8-9(5-7)16(11(14)15-8)3-4-18-6-10(13)17/h1-2,5H,3-4,6H2,(H2,13,17)(H2,14,15). The molecule has 2 aromatic rings. The van der Waals surface area contributed by atoms with Crippen LogP contribution in [0.4, 0.5) is 5.95 Å². The highest BCUT2D eigenvalue weighted by molar-refractivity contribution is 6.31. The Morgan fingerprint density at radius 1 is 1.50 bits per heavy atom. The molecular weight excluding hydrogens is 256 g/mol. The Hall–Kier alpha value is -1.79. The van der Waals surface area contributed by atoms with E-state index in [9.17, 15) is 4.79 Å². The quantitative estimate of drug-likeness (QED) is 0.783. The molecule has 0 atom stereocenters. The number of rotatable bonds is 5. The van der Waals surface area contributed by atoms with Crippen LogP contribution in [0.2, 0.25) is 5.02 Å². The summed E-state index contributed by atoms with van der Waals surface area (Å²) in [4.78, 5) is 14.7. The van der Waals surface area contributed by atoms with Gasteiger partial charge in [-0.2, -0.15) is 0 Å². The fourth-order valence-corrected chi connectivity index (χ4v) is 1.84. The molecular formula is C11H13ClN4O2. The molecule has 0 bridgehead atoms. The van der Waals surface area contributed by atoms with Gasteiger partial charge in [0.25, 0.3) is 0 Å². The summed E-state index contributed by atoms with van der Waals surface area (Å²) in [5.41, 5.74) is 12.4. The first-order valence-electron chi connectivity index (χ1n) is 5.35. The van der Waals surface area contributed by atoms with Gasteiger partial charge in [0, 0.05) is 11.6 Å². The van der Waals surface area contributed by atoms with Crippen LogP contribution in [0.15, 0.2) is 18.2 Å². The summed E-state index contributed by atoms with van der Waals surface area (Å²) in [6, 6.07) is 5.34. The molecule has 4 N–H and O–H groups in total. The van der Waals surface area contributed by atoms with Crippen LogP contribution in [0.3, 0.4) is 0 Å². The van der Waals surface area contributed by atoms with Crippen molar-refractivity contribution in [2.75, 3.05) is 18.9 Å². The fraction of sp³-hybridized carbons (Fsp3) is 0.273. The van der Waals surface area contributed by atoms with Crippen LogP contribution in [-0.4, -0.2) is 28.7 Å². The minimum Gasteiger partial charge on any atom is -0.370 e. The average molecular weight is 269 g/mol. The third kappa shape index (κ3) is 2.72. The van der Waals surface area contributed by atoms with Gasteiger partial charge in [0.05, 0.1) is 17.6 Å². The van der Waals surface area contributed by atoms with Crippen LogP contribution in [0, 0.1) is 0 Å². The summed E-state index contributed by atoms with van der Waals surface area (Å²) < 4.78 is 6.87. The predicted molar refractivity (Wildman–Crippen MR) is 69.2 cm³/mol. The maximum absolute atomic E-state index is 10.5. The average Bonchev–Trinajstić information content (AvgIpc) is 2.60. The number of nitrogens with zero attached hydrogens (tertiary/aromatic N) is 2. The van der Waals surface area contributed by atoms with E-state index in [1.807, 2.05) is 0 Å². The number of carbonyl (C=O) groups is 1. The summed E-state index contributed by atoms with van der Waals surface area (Å²) >= 11 is 5.93. The van der Waals surface area contributed by atoms with Gasteiger partial charge in [-0.3, -0.25) is 4.79 Å². The number of carbonyl (C=O) groups excluding carboxylic acids is 1. The van der Waals surface area contributed by atoms with Gasteiger partial charge >= 0.3 is 0 Å². The van der Waals surface area contributed by atoms with E-state index < -0.39 is 5.91 Å². The van der Waals surface area contributed by atoms with Crippen molar-refractivity contribution in [3.05, 3.63) is 23.2 Å². The summed E-state index contributed by atoms with van der Waals surface area (Å²) in [6.45, 7) is 0.703. The lowest BCUT2D eigenvalue weighted by Gasteiger charge is -2.06. The van der Waals surface area contributed by atoms with E-state index in [2.05, 4.69) is 4.98 Å². The molecule has 0 aliphatic rings. The van der Waals surface area contributed by atoms with Crippen molar-refractivity contribution in [2.24, 2.45) is 5.73 Å². The number of anilines is 1. The maximum atomic E-state index is 10.5. The zero-order valence-corrected chi connectivity index (χ0v) is 10.4. The number of halogens is 1. The lowest BCUT2D eigenvalue weighted by Crippen LogP contribution is -2.20. The van der Waals surface area contributed by atoms with Crippen LogP contribution >= 0.6 is 11.6 Å². The van der Waals surface area contributed by atoms with Gasteiger partial charge in [-0.15, -0.1) is 0 Å². The van der Waals surface area contributed by atoms with Crippen molar-refractivity contribution < 1.29 is 9.53 Å². The van der Waals surface area contributed by atoms with E-state index in [1.54, 1.807) is 22.8 Å². The van der Waals surface area contributed by atoms with E-state index >= 15 is 0 Å². The van der Waals surface area contributed by atoms with Crippen molar-refractivity contribution in [3.8, 4) is 0 Å². The summed E-state index contributed by atoms with van der Waals surface area (Å²) in [5.74, 6) is -0.114. The second-order valence-electron chi connectivity index (χ2n) is 3.77. The number of nitrogens with two attached hydrogens (primary N) is 2. The molecule has 1 aromatic carbocycles. The molecule has 0 aliphatic heterocycles. The Balaban J connectivity index is 2.14. The predicted octanol–water partition coefficient (Wildman–Crippen LogP) is 0.774. The van der Waals surface area contributed by atoms with Crippen LogP contribution in [0.25, 0.3) is 11.0 Å².